The van der Waals surface area contributed by atoms with Crippen molar-refractivity contribution in [3.8, 4) is 0 Å². The smallest absolute Gasteiger partial charge is 0.239 e. The third-order valence-electron chi connectivity index (χ3n) is 15.2. The molecule has 28 nitrogen and oxygen atoms in total. The van der Waals surface area contributed by atoms with Crippen molar-refractivity contribution < 1.29 is 67.1 Å². The molecule has 0 radical (unpaired) electrons. The first-order valence-electron chi connectivity index (χ1n) is 39.6. The Hall–Kier alpha value is -7.42. The summed E-state index contributed by atoms with van der Waals surface area (Å²) in [6, 6.07) is 0. The Morgan fingerprint density at radius 2 is 0.373 bits per heavy atom. The highest BCUT2D eigenvalue weighted by Crippen LogP contribution is 2.30. The van der Waals surface area contributed by atoms with Crippen molar-refractivity contribution in [3.63, 3.8) is 0 Å². The summed E-state index contributed by atoms with van der Waals surface area (Å²) in [5.41, 5.74) is -2.15. The first-order valence-corrected chi connectivity index (χ1v) is 39.6. The summed E-state index contributed by atoms with van der Waals surface area (Å²) < 4.78 is 0. The van der Waals surface area contributed by atoms with Gasteiger partial charge in [-0.15, -0.1) is 0 Å². The van der Waals surface area contributed by atoms with Crippen molar-refractivity contribution in [3.05, 3.63) is 0 Å². The van der Waals surface area contributed by atoms with Gasteiger partial charge in [0.25, 0.3) is 0 Å². The summed E-state index contributed by atoms with van der Waals surface area (Å²) >= 11 is 0. The standard InChI is InChI=1S/C42H79N7O7.C26H49N5O5.C14H28N2O2/c1-38(2,3)27-34(53)46-24-21-43-31(50)15-13-18-42(49-37(56)30-41(10,11)12,20-17-33(52)45-23-26-48-36(55)29-40(7,8)9)19-14-16-32(51)44-22-25-47-35(54)28-39(4,5)6;1-24(2,3)14-19(32)27-10-12-29-21(34)17-31(23(36)16-26(7,8)9)18-22(35)30-13-11-28-20(33)15-25(4,5)6;1-13(2,3)9-11(17)15-7-8-16-12(18)10-14(4,5)6/h13-30H2,1-12H3,(H,43,50)(H,44,51)(H,45,52)(H,46,53)(H,47,54)(H,48,55)(H,49,56);10-18H2,1-9H3,(H,27,32)(H,28,33)(H,29,34)(H,30,35);7-10H2,1-6H3,(H,15,17)(H,16,18). The maximum Gasteiger partial charge on any atom is 0.239 e. The molecule has 0 atom stereocenters. The highest BCUT2D eigenvalue weighted by molar-refractivity contribution is 5.89. The first-order chi connectivity index (χ1) is 49.9. The van der Waals surface area contributed by atoms with Crippen LogP contribution in [-0.4, -0.2) is 185 Å². The molecular formula is C82H156N14O14. The molecule has 0 aromatic heterocycles. The monoisotopic (exact) mass is 1560 g/mol. The Bertz CT molecular complexity index is 2740. The molecule has 0 aliphatic rings. The predicted octanol–water partition coefficient (Wildman–Crippen LogP) is 8.08. The van der Waals surface area contributed by atoms with E-state index in [9.17, 15) is 67.1 Å². The summed E-state index contributed by atoms with van der Waals surface area (Å²) in [5.74, 6) is -2.27. The van der Waals surface area contributed by atoms with Crippen LogP contribution < -0.4 is 69.1 Å². The van der Waals surface area contributed by atoms with Crippen molar-refractivity contribution in [1.29, 1.82) is 0 Å². The molecule has 14 amide bonds. The van der Waals surface area contributed by atoms with Crippen LogP contribution in [0.25, 0.3) is 0 Å². The van der Waals surface area contributed by atoms with Crippen LogP contribution in [0, 0.1) is 48.7 Å². The van der Waals surface area contributed by atoms with Crippen molar-refractivity contribution in [2.45, 2.75) is 302 Å². The summed E-state index contributed by atoms with van der Waals surface area (Å²) in [7, 11) is 0. The number of hydrogen-bond donors (Lipinski definition) is 13. The minimum atomic E-state index is -0.872. The van der Waals surface area contributed by atoms with Gasteiger partial charge >= 0.3 is 0 Å². The van der Waals surface area contributed by atoms with Gasteiger partial charge in [0.05, 0.1) is 0 Å². The van der Waals surface area contributed by atoms with E-state index in [2.05, 4.69) is 69.1 Å². The van der Waals surface area contributed by atoms with Crippen LogP contribution in [-0.2, 0) is 67.1 Å². The maximum atomic E-state index is 13.4. The molecule has 638 valence electrons. The van der Waals surface area contributed by atoms with Crippen LogP contribution in [0.2, 0.25) is 0 Å². The Kier molecular flexibility index (Phi) is 49.7. The molecule has 0 rings (SSSR count). The van der Waals surface area contributed by atoms with Crippen LogP contribution in [0.3, 0.4) is 0 Å². The van der Waals surface area contributed by atoms with E-state index in [1.54, 1.807) is 0 Å². The van der Waals surface area contributed by atoms with E-state index in [0.717, 1.165) is 0 Å². The number of nitrogens with zero attached hydrogens (tertiary/aromatic N) is 1. The lowest BCUT2D eigenvalue weighted by Crippen LogP contribution is -2.50. The molecule has 28 heteroatoms. The van der Waals surface area contributed by atoms with Gasteiger partial charge in [0, 0.05) is 161 Å². The van der Waals surface area contributed by atoms with Crippen molar-refractivity contribution >= 4 is 82.7 Å². The van der Waals surface area contributed by atoms with Gasteiger partial charge in [0.1, 0.15) is 13.1 Å². The summed E-state index contributed by atoms with van der Waals surface area (Å²) in [6.45, 7) is 56.6. The van der Waals surface area contributed by atoms with Gasteiger partial charge in [0.2, 0.25) is 82.7 Å². The number of rotatable bonds is 43. The normalized spacial score (nSPS) is 12.1. The van der Waals surface area contributed by atoms with Crippen LogP contribution in [0.1, 0.15) is 296 Å². The molecule has 0 fully saturated rings. The zero-order valence-electron chi connectivity index (χ0n) is 73.6. The molecule has 0 saturated carbocycles. The fourth-order valence-electron chi connectivity index (χ4n) is 10.7. The second kappa shape index (κ2) is 51.3. The Balaban J connectivity index is -0.00000179. The van der Waals surface area contributed by atoms with Crippen LogP contribution in [0.5, 0.6) is 0 Å². The number of carbonyl (C=O) groups is 14. The van der Waals surface area contributed by atoms with Gasteiger partial charge in [0.15, 0.2) is 0 Å². The third kappa shape index (κ3) is 73.4. The number of amides is 14. The fraction of sp³-hybridized carbons (Fsp3) is 0.829. The molecule has 110 heavy (non-hydrogen) atoms. The molecule has 0 aliphatic heterocycles. The van der Waals surface area contributed by atoms with E-state index in [1.165, 1.54) is 4.90 Å². The molecule has 0 saturated heterocycles. The molecule has 0 aliphatic carbocycles. The van der Waals surface area contributed by atoms with Gasteiger partial charge in [-0.3, -0.25) is 67.1 Å². The maximum absolute atomic E-state index is 13.4. The number of hydrogen-bond acceptors (Lipinski definition) is 14. The first kappa shape index (κ1) is 107. The van der Waals surface area contributed by atoms with Gasteiger partial charge in [-0.2, -0.15) is 0 Å². The van der Waals surface area contributed by atoms with Crippen molar-refractivity contribution in [2.75, 3.05) is 91.6 Å². The second-order valence-corrected chi connectivity index (χ2v) is 40.1. The molecule has 0 aromatic rings. The lowest BCUT2D eigenvalue weighted by molar-refractivity contribution is -0.140. The molecule has 0 spiro atoms. The van der Waals surface area contributed by atoms with E-state index in [4.69, 9.17) is 0 Å². The van der Waals surface area contributed by atoms with E-state index in [-0.39, 0.29) is 217 Å². The predicted molar refractivity (Wildman–Crippen MR) is 437 cm³/mol. The van der Waals surface area contributed by atoms with E-state index < -0.39 is 17.4 Å². The van der Waals surface area contributed by atoms with Gasteiger partial charge in [-0.1, -0.05) is 187 Å². The molecule has 0 unspecified atom stereocenters. The molecule has 0 aromatic carbocycles. The van der Waals surface area contributed by atoms with E-state index >= 15 is 0 Å². The average Bonchev–Trinajstić information content (AvgIpc) is 0.844. The fourth-order valence-corrected chi connectivity index (χ4v) is 10.7. The van der Waals surface area contributed by atoms with Crippen molar-refractivity contribution in [2.24, 2.45) is 48.7 Å². The minimum Gasteiger partial charge on any atom is -0.354 e. The van der Waals surface area contributed by atoms with Gasteiger partial charge in [-0.05, 0) is 80.8 Å². The largest absolute Gasteiger partial charge is 0.354 e. The Morgan fingerprint density at radius 1 is 0.200 bits per heavy atom. The lowest BCUT2D eigenvalue weighted by atomic mass is 9.81. The van der Waals surface area contributed by atoms with Gasteiger partial charge < -0.3 is 74.0 Å². The number of nitrogens with one attached hydrogen (secondary N) is 13. The molecular weight excluding hydrogens is 1400 g/mol. The lowest BCUT2D eigenvalue weighted by Gasteiger charge is -2.36. The summed E-state index contributed by atoms with van der Waals surface area (Å²) in [6.07, 6.45) is 5.69. The highest BCUT2D eigenvalue weighted by atomic mass is 16.2. The zero-order chi connectivity index (χ0) is 85.8. The SMILES string of the molecule is CC(C)(C)CC(=O)NCCNC(=O)CC(C)(C)C.CC(C)(C)CC(=O)NCCNC(=O)CCCC(CCCC(=O)NCCNC(=O)CC(C)(C)C)(CCC(=O)NCCNC(=O)CC(C)(C)C)NC(=O)CC(C)(C)C.CC(C)(C)CC(=O)NCCNC(=O)CN(CC(=O)NCCNC(=O)CC(C)(C)C)C(=O)CC(C)(C)C. The van der Waals surface area contributed by atoms with Crippen LogP contribution in [0.4, 0.5) is 0 Å². The molecule has 13 N–H and O–H groups in total. The second-order valence-electron chi connectivity index (χ2n) is 40.1. The molecule has 0 heterocycles. The Morgan fingerprint density at radius 3 is 0.573 bits per heavy atom. The average molecular weight is 1560 g/mol. The van der Waals surface area contributed by atoms with E-state index in [1.807, 2.05) is 187 Å². The number of carbonyl (C=O) groups excluding carboxylic acids is 14. The third-order valence-corrected chi connectivity index (χ3v) is 15.2. The van der Waals surface area contributed by atoms with Crippen molar-refractivity contribution in [1.82, 2.24) is 74.0 Å². The molecule has 0 bridgehead atoms. The van der Waals surface area contributed by atoms with Gasteiger partial charge in [-0.25, -0.2) is 0 Å². The van der Waals surface area contributed by atoms with Crippen LogP contribution >= 0.6 is 0 Å². The topological polar surface area (TPSA) is 399 Å². The zero-order valence-corrected chi connectivity index (χ0v) is 73.6. The van der Waals surface area contributed by atoms with E-state index in [0.29, 0.717) is 103 Å². The highest BCUT2D eigenvalue weighted by Gasteiger charge is 2.34. The Labute approximate surface area is 662 Å². The quantitative estimate of drug-likeness (QED) is 0.0257. The minimum absolute atomic E-state index is 0.000430. The van der Waals surface area contributed by atoms with Crippen LogP contribution in [0.15, 0.2) is 0 Å². The summed E-state index contributed by atoms with van der Waals surface area (Å²) in [4.78, 5) is 174. The summed E-state index contributed by atoms with van der Waals surface area (Å²) in [5, 5.41) is 36.7.